The maximum atomic E-state index is 12.7. The highest BCUT2D eigenvalue weighted by Gasteiger charge is 2.16. The van der Waals surface area contributed by atoms with E-state index in [1.807, 2.05) is 32.0 Å². The fourth-order valence-corrected chi connectivity index (χ4v) is 2.72. The molecule has 0 aliphatic heterocycles. The molecule has 0 saturated heterocycles. The SMILES string of the molecule is CC[C@H](NC(=O)c1cc(OC)cc(OC)c1)c1ccc(OC)c(C)c1. The Kier molecular flexibility index (Phi) is 6.28. The molecule has 0 unspecified atom stereocenters. The number of carbonyl (C=O) groups is 1. The van der Waals surface area contributed by atoms with E-state index in [0.717, 1.165) is 23.3 Å². The number of methoxy groups -OCH3 is 3. The molecule has 0 aliphatic carbocycles. The maximum Gasteiger partial charge on any atom is 0.252 e. The van der Waals surface area contributed by atoms with Gasteiger partial charge in [-0.25, -0.2) is 0 Å². The molecular weight excluding hydrogens is 318 g/mol. The van der Waals surface area contributed by atoms with Gasteiger partial charge in [0.25, 0.3) is 5.91 Å². The smallest absolute Gasteiger partial charge is 0.252 e. The van der Waals surface area contributed by atoms with Gasteiger partial charge in [-0.3, -0.25) is 4.79 Å². The normalized spacial score (nSPS) is 11.6. The highest BCUT2D eigenvalue weighted by molar-refractivity contribution is 5.95. The topological polar surface area (TPSA) is 56.8 Å². The lowest BCUT2D eigenvalue weighted by Crippen LogP contribution is -2.28. The van der Waals surface area contributed by atoms with Gasteiger partial charge in [-0.15, -0.1) is 0 Å². The maximum absolute atomic E-state index is 12.7. The minimum absolute atomic E-state index is 0.0886. The first-order valence-electron chi connectivity index (χ1n) is 8.20. The fourth-order valence-electron chi connectivity index (χ4n) is 2.72. The van der Waals surface area contributed by atoms with Gasteiger partial charge in [-0.1, -0.05) is 19.1 Å². The molecule has 5 heteroatoms. The van der Waals surface area contributed by atoms with Gasteiger partial charge in [0.15, 0.2) is 0 Å². The van der Waals surface area contributed by atoms with E-state index in [2.05, 4.69) is 5.32 Å². The fraction of sp³-hybridized carbons (Fsp3) is 0.350. The molecule has 5 nitrogen and oxygen atoms in total. The number of hydrogen-bond donors (Lipinski definition) is 1. The van der Waals surface area contributed by atoms with E-state index >= 15 is 0 Å². The van der Waals surface area contributed by atoms with Crippen LogP contribution in [0.1, 0.15) is 40.9 Å². The second-order valence-electron chi connectivity index (χ2n) is 5.76. The summed E-state index contributed by atoms with van der Waals surface area (Å²) in [6, 6.07) is 11.0. The summed E-state index contributed by atoms with van der Waals surface area (Å²) in [6.45, 7) is 4.03. The molecule has 2 rings (SSSR count). The Hall–Kier alpha value is -2.69. The molecule has 0 aromatic heterocycles. The molecule has 0 fully saturated rings. The molecule has 25 heavy (non-hydrogen) atoms. The third-order valence-electron chi connectivity index (χ3n) is 4.15. The average molecular weight is 343 g/mol. The summed E-state index contributed by atoms with van der Waals surface area (Å²) in [5, 5.41) is 3.08. The van der Waals surface area contributed by atoms with Gasteiger partial charge < -0.3 is 19.5 Å². The van der Waals surface area contributed by atoms with E-state index in [1.165, 1.54) is 0 Å². The summed E-state index contributed by atoms with van der Waals surface area (Å²) < 4.78 is 15.8. The molecule has 2 aromatic rings. The predicted molar refractivity (Wildman–Crippen MR) is 97.8 cm³/mol. The largest absolute Gasteiger partial charge is 0.497 e. The van der Waals surface area contributed by atoms with Gasteiger partial charge in [0.1, 0.15) is 17.2 Å². The van der Waals surface area contributed by atoms with Gasteiger partial charge in [0.2, 0.25) is 0 Å². The van der Waals surface area contributed by atoms with E-state index in [-0.39, 0.29) is 11.9 Å². The molecule has 0 spiro atoms. The molecule has 1 amide bonds. The van der Waals surface area contributed by atoms with Crippen molar-refractivity contribution in [2.75, 3.05) is 21.3 Å². The number of benzene rings is 2. The summed E-state index contributed by atoms with van der Waals surface area (Å²) in [5.41, 5.74) is 2.58. The first-order valence-corrected chi connectivity index (χ1v) is 8.20. The van der Waals surface area contributed by atoms with Crippen molar-refractivity contribution in [2.45, 2.75) is 26.3 Å². The van der Waals surface area contributed by atoms with Crippen molar-refractivity contribution in [1.82, 2.24) is 5.32 Å². The monoisotopic (exact) mass is 343 g/mol. The van der Waals surface area contributed by atoms with Crippen molar-refractivity contribution in [3.8, 4) is 17.2 Å². The average Bonchev–Trinajstić information content (AvgIpc) is 2.65. The quantitative estimate of drug-likeness (QED) is 0.828. The van der Waals surface area contributed by atoms with Crippen LogP contribution in [0.25, 0.3) is 0 Å². The predicted octanol–water partition coefficient (Wildman–Crippen LogP) is 3.90. The zero-order valence-electron chi connectivity index (χ0n) is 15.4. The highest BCUT2D eigenvalue weighted by Crippen LogP contribution is 2.26. The minimum atomic E-state index is -0.169. The first kappa shape index (κ1) is 18.6. The van der Waals surface area contributed by atoms with Crippen LogP contribution in [0.5, 0.6) is 17.2 Å². The minimum Gasteiger partial charge on any atom is -0.497 e. The number of hydrogen-bond acceptors (Lipinski definition) is 4. The van der Waals surface area contributed by atoms with Crippen LogP contribution < -0.4 is 19.5 Å². The van der Waals surface area contributed by atoms with E-state index in [1.54, 1.807) is 39.5 Å². The zero-order chi connectivity index (χ0) is 18.4. The van der Waals surface area contributed by atoms with E-state index in [0.29, 0.717) is 17.1 Å². The van der Waals surface area contributed by atoms with Crippen molar-refractivity contribution in [3.05, 3.63) is 53.1 Å². The van der Waals surface area contributed by atoms with Crippen LogP contribution in [0.4, 0.5) is 0 Å². The molecule has 0 heterocycles. The Bertz CT molecular complexity index is 720. The van der Waals surface area contributed by atoms with Crippen molar-refractivity contribution < 1.29 is 19.0 Å². The van der Waals surface area contributed by atoms with Gasteiger partial charge in [-0.2, -0.15) is 0 Å². The summed E-state index contributed by atoms with van der Waals surface area (Å²) in [7, 11) is 4.77. The lowest BCUT2D eigenvalue weighted by molar-refractivity contribution is 0.0935. The lowest BCUT2D eigenvalue weighted by atomic mass is 10.0. The number of carbonyl (C=O) groups excluding carboxylic acids is 1. The summed E-state index contributed by atoms with van der Waals surface area (Å²) in [5.74, 6) is 1.83. The van der Waals surface area contributed by atoms with Crippen LogP contribution in [0, 0.1) is 6.92 Å². The van der Waals surface area contributed by atoms with Gasteiger partial charge in [0, 0.05) is 11.6 Å². The Morgan fingerprint density at radius 1 is 1.00 bits per heavy atom. The molecule has 0 radical (unpaired) electrons. The van der Waals surface area contributed by atoms with Crippen LogP contribution in [0.2, 0.25) is 0 Å². The van der Waals surface area contributed by atoms with Crippen molar-refractivity contribution in [1.29, 1.82) is 0 Å². The Labute approximate surface area is 148 Å². The van der Waals surface area contributed by atoms with E-state index in [9.17, 15) is 4.79 Å². The van der Waals surface area contributed by atoms with Crippen molar-refractivity contribution in [2.24, 2.45) is 0 Å². The van der Waals surface area contributed by atoms with Crippen LogP contribution in [0.15, 0.2) is 36.4 Å². The number of aryl methyl sites for hydroxylation is 1. The van der Waals surface area contributed by atoms with E-state index < -0.39 is 0 Å². The molecule has 0 aliphatic rings. The van der Waals surface area contributed by atoms with E-state index in [4.69, 9.17) is 14.2 Å². The van der Waals surface area contributed by atoms with Crippen LogP contribution in [-0.4, -0.2) is 27.2 Å². The Morgan fingerprint density at radius 3 is 2.12 bits per heavy atom. The third-order valence-corrected chi connectivity index (χ3v) is 4.15. The molecule has 1 atom stereocenters. The number of rotatable bonds is 7. The molecule has 0 saturated carbocycles. The van der Waals surface area contributed by atoms with Crippen molar-refractivity contribution >= 4 is 5.91 Å². The first-order chi connectivity index (χ1) is 12.0. The summed E-state index contributed by atoms with van der Waals surface area (Å²) >= 11 is 0. The summed E-state index contributed by atoms with van der Waals surface area (Å²) in [6.07, 6.45) is 0.776. The summed E-state index contributed by atoms with van der Waals surface area (Å²) in [4.78, 5) is 12.7. The molecule has 0 bridgehead atoms. The number of amides is 1. The van der Waals surface area contributed by atoms with Gasteiger partial charge in [0.05, 0.1) is 27.4 Å². The highest BCUT2D eigenvalue weighted by atomic mass is 16.5. The number of ether oxygens (including phenoxy) is 3. The lowest BCUT2D eigenvalue weighted by Gasteiger charge is -2.19. The Balaban J connectivity index is 2.24. The van der Waals surface area contributed by atoms with Crippen LogP contribution in [-0.2, 0) is 0 Å². The van der Waals surface area contributed by atoms with Crippen LogP contribution in [0.3, 0.4) is 0 Å². The number of nitrogens with one attached hydrogen (secondary N) is 1. The Morgan fingerprint density at radius 2 is 1.64 bits per heavy atom. The van der Waals surface area contributed by atoms with Gasteiger partial charge >= 0.3 is 0 Å². The van der Waals surface area contributed by atoms with Gasteiger partial charge in [-0.05, 0) is 42.7 Å². The van der Waals surface area contributed by atoms with Crippen molar-refractivity contribution in [3.63, 3.8) is 0 Å². The standard InChI is InChI=1S/C20H25NO4/c1-6-18(14-7-8-19(25-5)13(2)9-14)21-20(22)15-10-16(23-3)12-17(11-15)24-4/h7-12,18H,6H2,1-5H3,(H,21,22)/t18-/m0/s1. The molecular formula is C20H25NO4. The zero-order valence-corrected chi connectivity index (χ0v) is 15.4. The second kappa shape index (κ2) is 8.42. The second-order valence-corrected chi connectivity index (χ2v) is 5.76. The third kappa shape index (κ3) is 4.44. The van der Waals surface area contributed by atoms with Crippen LogP contribution >= 0.6 is 0 Å². The molecule has 2 aromatic carbocycles. The molecule has 1 N–H and O–H groups in total. The molecule has 134 valence electrons.